The first kappa shape index (κ1) is 14.6. The molecule has 3 N–H and O–H groups in total. The van der Waals surface area contributed by atoms with Crippen LogP contribution in [-0.4, -0.2) is 17.6 Å². The Labute approximate surface area is 109 Å². The van der Waals surface area contributed by atoms with Crippen LogP contribution in [0, 0.1) is 12.3 Å². The molecule has 1 unspecified atom stereocenters. The number of thiazole rings is 1. The van der Waals surface area contributed by atoms with Crippen LogP contribution in [-0.2, 0) is 6.54 Å². The zero-order valence-electron chi connectivity index (χ0n) is 11.4. The van der Waals surface area contributed by atoms with Gasteiger partial charge in [-0.25, -0.2) is 4.98 Å². The van der Waals surface area contributed by atoms with E-state index in [1.54, 1.807) is 11.3 Å². The summed E-state index contributed by atoms with van der Waals surface area (Å²) in [5.74, 6) is 0. The first-order chi connectivity index (χ1) is 7.87. The third kappa shape index (κ3) is 6.76. The molecule has 0 radical (unpaired) electrons. The molecule has 1 atom stereocenters. The van der Waals surface area contributed by atoms with E-state index < -0.39 is 0 Å². The fourth-order valence-electron chi connectivity index (χ4n) is 1.88. The van der Waals surface area contributed by atoms with Crippen molar-refractivity contribution in [2.24, 2.45) is 11.1 Å². The summed E-state index contributed by atoms with van der Waals surface area (Å²) in [5.41, 5.74) is 7.55. The van der Waals surface area contributed by atoms with E-state index in [0.29, 0.717) is 11.5 Å². The fourth-order valence-corrected chi connectivity index (χ4v) is 2.49. The summed E-state index contributed by atoms with van der Waals surface area (Å²) in [6, 6.07) is 0.291. The normalized spacial score (nSPS) is 13.9. The minimum Gasteiger partial charge on any atom is -0.328 e. The molecule has 4 heteroatoms. The molecule has 1 aromatic heterocycles. The van der Waals surface area contributed by atoms with Crippen LogP contribution in [0.2, 0.25) is 0 Å². The molecule has 0 saturated heterocycles. The summed E-state index contributed by atoms with van der Waals surface area (Å²) >= 11 is 1.70. The zero-order chi connectivity index (χ0) is 12.9. The van der Waals surface area contributed by atoms with Crippen LogP contribution in [0.15, 0.2) is 5.38 Å². The summed E-state index contributed by atoms with van der Waals surface area (Å²) in [7, 11) is 0. The summed E-state index contributed by atoms with van der Waals surface area (Å²) in [6.45, 7) is 10.6. The number of aryl methyl sites for hydroxylation is 1. The van der Waals surface area contributed by atoms with E-state index in [2.05, 4.69) is 36.5 Å². The van der Waals surface area contributed by atoms with E-state index in [1.165, 1.54) is 0 Å². The molecule has 0 aromatic carbocycles. The van der Waals surface area contributed by atoms with Crippen LogP contribution in [0.25, 0.3) is 0 Å². The average Bonchev–Trinajstić information content (AvgIpc) is 2.56. The minimum atomic E-state index is 0.291. The number of nitrogens with two attached hydrogens (primary N) is 1. The number of rotatable bonds is 6. The Bertz CT molecular complexity index is 328. The van der Waals surface area contributed by atoms with Crippen molar-refractivity contribution in [2.75, 3.05) is 6.54 Å². The number of nitrogens with one attached hydrogen (secondary N) is 1. The molecule has 1 heterocycles. The van der Waals surface area contributed by atoms with Gasteiger partial charge in [0.1, 0.15) is 0 Å². The van der Waals surface area contributed by atoms with E-state index in [-0.39, 0.29) is 0 Å². The van der Waals surface area contributed by atoms with Crippen molar-refractivity contribution in [1.29, 1.82) is 0 Å². The Hall–Kier alpha value is -0.450. The maximum absolute atomic E-state index is 6.09. The number of nitrogens with zero attached hydrogens (tertiary/aromatic N) is 1. The molecular formula is C13H25N3S. The second kappa shape index (κ2) is 6.47. The van der Waals surface area contributed by atoms with E-state index in [9.17, 15) is 0 Å². The highest BCUT2D eigenvalue weighted by Gasteiger charge is 2.14. The number of aromatic nitrogens is 1. The Morgan fingerprint density at radius 3 is 2.71 bits per heavy atom. The van der Waals surface area contributed by atoms with Gasteiger partial charge in [0.2, 0.25) is 0 Å². The van der Waals surface area contributed by atoms with Crippen molar-refractivity contribution in [1.82, 2.24) is 10.3 Å². The van der Waals surface area contributed by atoms with Crippen molar-refractivity contribution < 1.29 is 0 Å². The highest BCUT2D eigenvalue weighted by Crippen LogP contribution is 2.20. The molecule has 98 valence electrons. The Balaban J connectivity index is 2.12. The van der Waals surface area contributed by atoms with Gasteiger partial charge in [-0.2, -0.15) is 0 Å². The topological polar surface area (TPSA) is 50.9 Å². The monoisotopic (exact) mass is 255 g/mol. The highest BCUT2D eigenvalue weighted by molar-refractivity contribution is 7.09. The van der Waals surface area contributed by atoms with Crippen LogP contribution in [0.3, 0.4) is 0 Å². The highest BCUT2D eigenvalue weighted by atomic mass is 32.1. The number of hydrogen-bond donors (Lipinski definition) is 2. The van der Waals surface area contributed by atoms with Crippen LogP contribution < -0.4 is 11.1 Å². The average molecular weight is 255 g/mol. The summed E-state index contributed by atoms with van der Waals surface area (Å²) in [5, 5.41) is 6.64. The van der Waals surface area contributed by atoms with E-state index >= 15 is 0 Å². The summed E-state index contributed by atoms with van der Waals surface area (Å²) in [4.78, 5) is 4.41. The number of hydrogen-bond acceptors (Lipinski definition) is 4. The SMILES string of the molecule is Cc1nc(CNCCC(N)CC(C)(C)C)cs1. The third-order valence-electron chi connectivity index (χ3n) is 2.54. The van der Waals surface area contributed by atoms with Gasteiger partial charge in [0, 0.05) is 18.0 Å². The Morgan fingerprint density at radius 2 is 2.18 bits per heavy atom. The molecule has 17 heavy (non-hydrogen) atoms. The smallest absolute Gasteiger partial charge is 0.0897 e. The molecule has 1 rings (SSSR count). The van der Waals surface area contributed by atoms with Gasteiger partial charge >= 0.3 is 0 Å². The van der Waals surface area contributed by atoms with Gasteiger partial charge in [0.25, 0.3) is 0 Å². The molecule has 0 aliphatic rings. The Morgan fingerprint density at radius 1 is 1.47 bits per heavy atom. The largest absolute Gasteiger partial charge is 0.328 e. The minimum absolute atomic E-state index is 0.291. The molecule has 0 spiro atoms. The maximum atomic E-state index is 6.09. The molecule has 0 amide bonds. The first-order valence-electron chi connectivity index (χ1n) is 6.24. The fraction of sp³-hybridized carbons (Fsp3) is 0.769. The van der Waals surface area contributed by atoms with Gasteiger partial charge < -0.3 is 11.1 Å². The van der Waals surface area contributed by atoms with Gasteiger partial charge in [-0.3, -0.25) is 0 Å². The van der Waals surface area contributed by atoms with E-state index in [4.69, 9.17) is 5.73 Å². The first-order valence-corrected chi connectivity index (χ1v) is 7.12. The van der Waals surface area contributed by atoms with E-state index in [0.717, 1.165) is 36.6 Å². The van der Waals surface area contributed by atoms with Gasteiger partial charge in [-0.05, 0) is 31.7 Å². The molecular weight excluding hydrogens is 230 g/mol. The van der Waals surface area contributed by atoms with Gasteiger partial charge in [-0.15, -0.1) is 11.3 Å². The van der Waals surface area contributed by atoms with E-state index in [1.807, 2.05) is 6.92 Å². The lowest BCUT2D eigenvalue weighted by Gasteiger charge is -2.23. The van der Waals surface area contributed by atoms with Crippen LogP contribution in [0.4, 0.5) is 0 Å². The van der Waals surface area contributed by atoms with Gasteiger partial charge in [-0.1, -0.05) is 20.8 Å². The predicted octanol–water partition coefficient (Wildman–Crippen LogP) is 2.69. The molecule has 0 saturated carbocycles. The quantitative estimate of drug-likeness (QED) is 0.768. The third-order valence-corrected chi connectivity index (χ3v) is 3.36. The van der Waals surface area contributed by atoms with Crippen molar-refractivity contribution in [3.63, 3.8) is 0 Å². The lowest BCUT2D eigenvalue weighted by atomic mass is 9.87. The second-order valence-corrected chi connectivity index (χ2v) is 6.91. The molecule has 3 nitrogen and oxygen atoms in total. The van der Waals surface area contributed by atoms with Crippen molar-refractivity contribution in [2.45, 2.75) is 53.1 Å². The molecule has 0 aliphatic carbocycles. The van der Waals surface area contributed by atoms with Crippen molar-refractivity contribution >= 4 is 11.3 Å². The summed E-state index contributed by atoms with van der Waals surface area (Å²) in [6.07, 6.45) is 2.10. The Kier molecular flexibility index (Phi) is 5.56. The van der Waals surface area contributed by atoms with Gasteiger partial charge in [0.15, 0.2) is 0 Å². The van der Waals surface area contributed by atoms with Crippen LogP contribution in [0.1, 0.15) is 44.3 Å². The second-order valence-electron chi connectivity index (χ2n) is 5.85. The molecule has 0 aliphatic heterocycles. The predicted molar refractivity (Wildman–Crippen MR) is 75.2 cm³/mol. The maximum Gasteiger partial charge on any atom is 0.0897 e. The van der Waals surface area contributed by atoms with Gasteiger partial charge in [0.05, 0.1) is 10.7 Å². The lowest BCUT2D eigenvalue weighted by molar-refractivity contribution is 0.329. The summed E-state index contributed by atoms with van der Waals surface area (Å²) < 4.78 is 0. The molecule has 1 aromatic rings. The van der Waals surface area contributed by atoms with Crippen molar-refractivity contribution in [3.05, 3.63) is 16.1 Å². The standard InChI is InChI=1S/C13H25N3S/c1-10-16-12(9-17-10)8-15-6-5-11(14)7-13(2,3)4/h9,11,15H,5-8,14H2,1-4H3. The van der Waals surface area contributed by atoms with Crippen molar-refractivity contribution in [3.8, 4) is 0 Å². The molecule has 0 bridgehead atoms. The van der Waals surface area contributed by atoms with Crippen LogP contribution in [0.5, 0.6) is 0 Å². The molecule has 0 fully saturated rings. The lowest BCUT2D eigenvalue weighted by Crippen LogP contribution is -2.30. The van der Waals surface area contributed by atoms with Crippen LogP contribution >= 0.6 is 11.3 Å². The zero-order valence-corrected chi connectivity index (χ0v) is 12.2.